The van der Waals surface area contributed by atoms with Gasteiger partial charge in [0.25, 0.3) is 0 Å². The molecule has 1 aliphatic heterocycles. The van der Waals surface area contributed by atoms with Gasteiger partial charge >= 0.3 is 6.09 Å². The lowest BCUT2D eigenvalue weighted by molar-refractivity contribution is 0.0241. The summed E-state index contributed by atoms with van der Waals surface area (Å²) in [4.78, 5) is 32.4. The van der Waals surface area contributed by atoms with Gasteiger partial charge in [0.05, 0.1) is 37.5 Å². The summed E-state index contributed by atoms with van der Waals surface area (Å²) in [6, 6.07) is 11.3. The van der Waals surface area contributed by atoms with Gasteiger partial charge in [-0.1, -0.05) is 18.2 Å². The molecule has 2 aromatic carbocycles. The van der Waals surface area contributed by atoms with Gasteiger partial charge in [-0.25, -0.2) is 33.5 Å². The number of carbonyl (C=O) groups excluding carboxylic acids is 1. The van der Waals surface area contributed by atoms with Crippen LogP contribution < -0.4 is 10.1 Å². The maximum Gasteiger partial charge on any atom is 0.410 e. The van der Waals surface area contributed by atoms with E-state index in [-0.39, 0.29) is 50.0 Å². The van der Waals surface area contributed by atoms with Crippen LogP contribution in [0.1, 0.15) is 37.6 Å². The van der Waals surface area contributed by atoms with E-state index in [2.05, 4.69) is 15.3 Å². The van der Waals surface area contributed by atoms with Gasteiger partial charge in [-0.05, 0) is 32.9 Å². The van der Waals surface area contributed by atoms with Crippen LogP contribution in [0.2, 0.25) is 0 Å². The van der Waals surface area contributed by atoms with E-state index in [1.54, 1.807) is 37.9 Å². The monoisotopic (exact) mass is 630 g/mol. The minimum Gasteiger partial charge on any atom is -0.491 e. The SMILES string of the molecule is COCCOc1cc(F)c(Cn2nc(-c3nc4c(c(Nc5ccncn5)n3)CN(C(=O)OC(C)(C)C)C4)c3ccccc32)c(F)c1. The summed E-state index contributed by atoms with van der Waals surface area (Å²) in [5.74, 6) is -0.267. The van der Waals surface area contributed by atoms with Crippen molar-refractivity contribution in [2.45, 2.75) is 46.0 Å². The number of amides is 1. The van der Waals surface area contributed by atoms with E-state index in [1.165, 1.54) is 18.1 Å². The zero-order chi connectivity index (χ0) is 32.4. The Morgan fingerprint density at radius 1 is 1.04 bits per heavy atom. The van der Waals surface area contributed by atoms with Crippen LogP contribution in [0.5, 0.6) is 5.75 Å². The summed E-state index contributed by atoms with van der Waals surface area (Å²) in [6.07, 6.45) is 2.52. The van der Waals surface area contributed by atoms with Crippen LogP contribution in [0.25, 0.3) is 22.4 Å². The number of para-hydroxylation sites is 1. The predicted molar refractivity (Wildman–Crippen MR) is 164 cm³/mol. The number of methoxy groups -OCH3 is 1. The van der Waals surface area contributed by atoms with Crippen molar-refractivity contribution in [2.24, 2.45) is 0 Å². The van der Waals surface area contributed by atoms with E-state index in [9.17, 15) is 4.79 Å². The van der Waals surface area contributed by atoms with E-state index in [0.29, 0.717) is 39.5 Å². The summed E-state index contributed by atoms with van der Waals surface area (Å²) >= 11 is 0. The van der Waals surface area contributed by atoms with E-state index < -0.39 is 23.3 Å². The van der Waals surface area contributed by atoms with Gasteiger partial charge in [0, 0.05) is 42.0 Å². The number of hydrogen-bond acceptors (Lipinski definition) is 10. The Morgan fingerprint density at radius 2 is 1.83 bits per heavy atom. The van der Waals surface area contributed by atoms with Crippen LogP contribution in [-0.2, 0) is 29.1 Å². The van der Waals surface area contributed by atoms with E-state index in [1.807, 2.05) is 24.3 Å². The van der Waals surface area contributed by atoms with Crippen molar-refractivity contribution >= 4 is 28.6 Å². The molecule has 12 nitrogen and oxygen atoms in total. The molecule has 0 fully saturated rings. The Bertz CT molecular complexity index is 1870. The molecule has 0 saturated carbocycles. The molecule has 0 spiro atoms. The van der Waals surface area contributed by atoms with Crippen LogP contribution >= 0.6 is 0 Å². The smallest absolute Gasteiger partial charge is 0.410 e. The lowest BCUT2D eigenvalue weighted by Gasteiger charge is -2.24. The van der Waals surface area contributed by atoms with Crippen LogP contribution in [0.4, 0.5) is 25.2 Å². The van der Waals surface area contributed by atoms with Crippen LogP contribution in [0.15, 0.2) is 55.0 Å². The molecule has 5 aromatic rings. The maximum atomic E-state index is 15.2. The molecule has 0 bridgehead atoms. The minimum absolute atomic E-state index is 0.0671. The van der Waals surface area contributed by atoms with Crippen molar-refractivity contribution in [3.05, 3.63) is 83.4 Å². The fraction of sp³-hybridized carbons (Fsp3) is 0.312. The molecule has 1 amide bonds. The molecule has 1 aliphatic rings. The fourth-order valence-corrected chi connectivity index (χ4v) is 5.03. The third kappa shape index (κ3) is 6.56. The Morgan fingerprint density at radius 3 is 2.54 bits per heavy atom. The average Bonchev–Trinajstić information content (AvgIpc) is 3.61. The Labute approximate surface area is 263 Å². The number of nitrogens with one attached hydrogen (secondary N) is 1. The van der Waals surface area contributed by atoms with Gasteiger partial charge in [-0.2, -0.15) is 5.10 Å². The first-order valence-corrected chi connectivity index (χ1v) is 14.6. The standard InChI is InChI=1S/C32H32F2N8O4/c1-32(2,3)46-31(43)41-15-22-25(17-41)37-30(39-29(22)38-27-9-10-35-18-36-27)28-20-7-5-6-8-26(20)42(40-28)16-21-23(33)13-19(14-24(21)34)45-12-11-44-4/h5-10,13-14,18H,11-12,15-17H2,1-4H3,(H,35,36,37,38,39). The van der Waals surface area contributed by atoms with Crippen molar-refractivity contribution in [1.29, 1.82) is 0 Å². The molecule has 0 radical (unpaired) electrons. The van der Waals surface area contributed by atoms with Crippen molar-refractivity contribution in [3.8, 4) is 17.3 Å². The number of aromatic nitrogens is 6. The molecule has 14 heteroatoms. The highest BCUT2D eigenvalue weighted by atomic mass is 19.1. The molecule has 3 aromatic heterocycles. The molecule has 238 valence electrons. The topological polar surface area (TPSA) is 129 Å². The van der Waals surface area contributed by atoms with Gasteiger partial charge in [-0.3, -0.25) is 9.58 Å². The Kier molecular flexibility index (Phi) is 8.45. The van der Waals surface area contributed by atoms with Gasteiger partial charge in [0.15, 0.2) is 5.82 Å². The number of ether oxygens (including phenoxy) is 3. The maximum absolute atomic E-state index is 15.2. The summed E-state index contributed by atoms with van der Waals surface area (Å²) in [5.41, 5.74) is 1.49. The molecule has 0 saturated heterocycles. The number of benzene rings is 2. The van der Waals surface area contributed by atoms with Crippen molar-refractivity contribution in [2.75, 3.05) is 25.6 Å². The third-order valence-corrected chi connectivity index (χ3v) is 7.11. The largest absolute Gasteiger partial charge is 0.491 e. The number of hydrogen-bond donors (Lipinski definition) is 1. The van der Waals surface area contributed by atoms with Gasteiger partial charge in [-0.15, -0.1) is 0 Å². The molecule has 0 aliphatic carbocycles. The zero-order valence-corrected chi connectivity index (χ0v) is 25.8. The summed E-state index contributed by atoms with van der Waals surface area (Å²) in [5, 5.41) is 8.65. The van der Waals surface area contributed by atoms with Crippen LogP contribution in [0.3, 0.4) is 0 Å². The van der Waals surface area contributed by atoms with Crippen LogP contribution in [-0.4, -0.2) is 66.6 Å². The first-order valence-electron chi connectivity index (χ1n) is 14.6. The molecule has 46 heavy (non-hydrogen) atoms. The summed E-state index contributed by atoms with van der Waals surface area (Å²) < 4.78 is 47.8. The van der Waals surface area contributed by atoms with Crippen LogP contribution in [0, 0.1) is 11.6 Å². The van der Waals surface area contributed by atoms with Gasteiger partial charge < -0.3 is 19.5 Å². The number of rotatable bonds is 9. The molecule has 0 atom stereocenters. The lowest BCUT2D eigenvalue weighted by Crippen LogP contribution is -2.33. The minimum atomic E-state index is -0.763. The number of carbonyl (C=O) groups is 1. The van der Waals surface area contributed by atoms with E-state index in [4.69, 9.17) is 29.3 Å². The second-order valence-electron chi connectivity index (χ2n) is 11.6. The molecule has 6 rings (SSSR count). The first-order chi connectivity index (χ1) is 22.1. The van der Waals surface area contributed by atoms with Crippen molar-refractivity contribution < 1.29 is 27.8 Å². The van der Waals surface area contributed by atoms with E-state index in [0.717, 1.165) is 12.1 Å². The highest BCUT2D eigenvalue weighted by Crippen LogP contribution is 2.34. The second-order valence-corrected chi connectivity index (χ2v) is 11.6. The van der Waals surface area contributed by atoms with Gasteiger partial charge in [0.2, 0.25) is 0 Å². The van der Waals surface area contributed by atoms with Gasteiger partial charge in [0.1, 0.15) is 53.2 Å². The number of anilines is 2. The van der Waals surface area contributed by atoms with Crippen molar-refractivity contribution in [3.63, 3.8) is 0 Å². The number of fused-ring (bicyclic) bond motifs is 2. The summed E-state index contributed by atoms with van der Waals surface area (Å²) in [7, 11) is 1.51. The zero-order valence-electron chi connectivity index (χ0n) is 25.8. The highest BCUT2D eigenvalue weighted by molar-refractivity contribution is 5.92. The average molecular weight is 631 g/mol. The fourth-order valence-electron chi connectivity index (χ4n) is 5.03. The summed E-state index contributed by atoms with van der Waals surface area (Å²) in [6.45, 7) is 6.07. The first kappa shape index (κ1) is 30.8. The number of halogens is 2. The Hall–Kier alpha value is -5.24. The molecule has 0 unspecified atom stereocenters. The lowest BCUT2D eigenvalue weighted by atomic mass is 10.1. The van der Waals surface area contributed by atoms with E-state index >= 15 is 8.78 Å². The normalized spacial score (nSPS) is 12.8. The quantitative estimate of drug-likeness (QED) is 0.205. The molecular formula is C32H32F2N8O4. The Balaban J connectivity index is 1.38. The third-order valence-electron chi connectivity index (χ3n) is 7.11. The van der Waals surface area contributed by atoms with Crippen molar-refractivity contribution in [1.82, 2.24) is 34.6 Å². The second kappa shape index (κ2) is 12.6. The highest BCUT2D eigenvalue weighted by Gasteiger charge is 2.32. The molecule has 4 heterocycles. The predicted octanol–water partition coefficient (Wildman–Crippen LogP) is 5.63. The number of nitrogens with zero attached hydrogens (tertiary/aromatic N) is 7. The molecular weight excluding hydrogens is 598 g/mol. The molecule has 1 N–H and O–H groups in total.